The molecule has 17 nitrogen and oxygen atoms in total. The van der Waals surface area contributed by atoms with Crippen LogP contribution in [-0.2, 0) is 80.9 Å². The smallest absolute Gasteiger partial charge is 0.257 e. The summed E-state index contributed by atoms with van der Waals surface area (Å²) in [6, 6.07) is 14.5. The number of piperidine rings is 1. The van der Waals surface area contributed by atoms with Gasteiger partial charge in [-0.1, -0.05) is 195 Å². The normalized spacial score (nSPS) is 22.4. The number of carbonyl (C=O) groups excluding carboxylic acids is 5. The van der Waals surface area contributed by atoms with Crippen LogP contribution in [-0.4, -0.2) is 112 Å². The molecule has 3 saturated carbocycles. The second kappa shape index (κ2) is 36.4. The highest BCUT2D eigenvalue weighted by atomic mass is 32.2. The number of methoxy groups -OCH3 is 2. The van der Waals surface area contributed by atoms with Gasteiger partial charge in [-0.2, -0.15) is 0 Å². The van der Waals surface area contributed by atoms with E-state index in [2.05, 4.69) is 195 Å². The van der Waals surface area contributed by atoms with E-state index in [1.165, 1.54) is 53.0 Å². The van der Waals surface area contributed by atoms with E-state index in [-0.39, 0.29) is 71.6 Å². The van der Waals surface area contributed by atoms with Gasteiger partial charge < -0.3 is 14.6 Å². The molecule has 0 radical (unpaired) electrons. The minimum Gasteiger partial charge on any atom is -0.497 e. The van der Waals surface area contributed by atoms with Gasteiger partial charge in [0, 0.05) is 47.7 Å². The summed E-state index contributed by atoms with van der Waals surface area (Å²) in [4.78, 5) is 53.5. The number of imide groups is 1. The molecule has 2 N–H and O–H groups in total. The zero-order valence-corrected chi connectivity index (χ0v) is 64.4. The van der Waals surface area contributed by atoms with Crippen molar-refractivity contribution >= 4 is 79.7 Å². The first-order valence-electron chi connectivity index (χ1n) is 32.5. The van der Waals surface area contributed by atoms with Gasteiger partial charge in [0.15, 0.2) is 56.7 Å². The second-order valence-electron chi connectivity index (χ2n) is 27.1. The summed E-state index contributed by atoms with van der Waals surface area (Å²) in [5.74, 6) is -0.643. The number of amides is 2. The molecule has 10 aliphatic rings. The largest absolute Gasteiger partial charge is 0.497 e. The first-order chi connectivity index (χ1) is 47.7. The molecule has 2 unspecified atom stereocenters. The number of fused-ring (bicyclic) bond motifs is 2. The number of aryl methyl sites for hydroxylation is 1. The fraction of sp³-hybridized carbons (Fsp3) is 0.289. The molecule has 5 aliphatic heterocycles. The highest BCUT2D eigenvalue weighted by Crippen LogP contribution is 2.50. The second-order valence-corrected chi connectivity index (χ2v) is 35.1. The molecular weight excluding hydrogens is 1400 g/mol. The van der Waals surface area contributed by atoms with Gasteiger partial charge in [0.1, 0.15) is 11.5 Å². The van der Waals surface area contributed by atoms with Gasteiger partial charge in [0.25, 0.3) is 5.91 Å². The number of hydrogen-bond donors (Lipinski definition) is 2. The molecule has 21 heteroatoms. The van der Waals surface area contributed by atoms with Crippen LogP contribution >= 0.6 is 0 Å². The van der Waals surface area contributed by atoms with E-state index in [9.17, 15) is 57.6 Å². The molecule has 0 spiro atoms. The van der Waals surface area contributed by atoms with Crippen LogP contribution in [0, 0.1) is 10.8 Å². The molecule has 0 aromatic heterocycles. The molecule has 2 aromatic carbocycles. The van der Waals surface area contributed by atoms with Crippen molar-refractivity contribution in [2.24, 2.45) is 10.8 Å². The Bertz CT molecular complexity index is 4660. The molecule has 104 heavy (non-hydrogen) atoms. The van der Waals surface area contributed by atoms with Gasteiger partial charge in [0.2, 0.25) is 5.91 Å². The molecule has 2 aromatic rings. The Labute approximate surface area is 617 Å². The van der Waals surface area contributed by atoms with Crippen LogP contribution in [0.15, 0.2) is 283 Å². The third-order valence-electron chi connectivity index (χ3n) is 18.0. The van der Waals surface area contributed by atoms with Crippen LogP contribution in [0.2, 0.25) is 0 Å². The number of hydrogen-bond acceptors (Lipinski definition) is 16. The predicted octanol–water partition coefficient (Wildman–Crippen LogP) is 14.8. The summed E-state index contributed by atoms with van der Waals surface area (Å²) in [6.45, 7) is 81.9. The lowest BCUT2D eigenvalue weighted by Gasteiger charge is -2.43. The van der Waals surface area contributed by atoms with E-state index in [1.807, 2.05) is 12.1 Å². The summed E-state index contributed by atoms with van der Waals surface area (Å²) in [7, 11) is -9.78. The number of Topliss-reactive ketones (excluding diaryl/α,β-unsaturated/α-hetero) is 3. The van der Waals surface area contributed by atoms with Crippen LogP contribution in [0.5, 0.6) is 5.75 Å². The van der Waals surface area contributed by atoms with Gasteiger partial charge in [-0.15, -0.1) is 0 Å². The maximum absolute atomic E-state index is 11.1. The van der Waals surface area contributed by atoms with E-state index in [0.29, 0.717) is 51.7 Å². The maximum atomic E-state index is 11.1. The standard InChI is InChI=1S/C13H14O.C12H20.C11H10.C8H10O.C7H7NO2.C7H10O3S.C7H8O.C6H8O3S.C6H6O3S.C6H6O2S/c1-9-4-5-11-8-12(14-3)6-7-13(11)10(9)2;1-9-7-11(3,4)8-12(5,6)10(9)2;1-8-7-10-5-3-4-6-11(10)9(8)2;1-6-4-3-5-8(9)7(6)2;1-4-3-6(9)8-7(10)5(4)2;1-5-6(2)11(8,9)4-7(5)10-3;1-5-3-4-7(8)6(5)2;2*1-4-5(2)10(8,9)3-6(4)7;1-5-3-4-9(7,8)6(5)2/h6-8H,1-2,4-5H2,3H3;1-2,7-8H2,3-6H3;3-6H,1-2,7H2;1-5H2;1-3H2,(H,8,9,10);7H,1-2,4H2,3H3;1-4H2;6-7H,1-3H2;1-3H2;3-4H,1-2H2. The van der Waals surface area contributed by atoms with Crippen molar-refractivity contribution in [2.75, 3.05) is 31.5 Å². The number of rotatable bonds is 2. The summed E-state index contributed by atoms with van der Waals surface area (Å²) in [5, 5.41) is 12.2. The Morgan fingerprint density at radius 1 is 0.490 bits per heavy atom. The van der Waals surface area contributed by atoms with E-state index in [4.69, 9.17) is 14.6 Å². The number of aliphatic hydroxyl groups excluding tert-OH is 1. The monoisotopic (exact) mass is 1490 g/mol. The lowest BCUT2D eigenvalue weighted by Crippen LogP contribution is -2.36. The lowest BCUT2D eigenvalue weighted by molar-refractivity contribution is -0.129. The quantitative estimate of drug-likeness (QED) is 0.209. The van der Waals surface area contributed by atoms with Gasteiger partial charge in [-0.25, -0.2) is 33.7 Å². The summed E-state index contributed by atoms with van der Waals surface area (Å²) in [5.41, 5.74) is 18.0. The van der Waals surface area contributed by atoms with Crippen molar-refractivity contribution < 1.29 is 72.2 Å². The zero-order chi connectivity index (χ0) is 79.9. The molecule has 7 fully saturated rings. The fourth-order valence-electron chi connectivity index (χ4n) is 11.3. The average molecular weight is 1490 g/mol. The number of nitrogens with one attached hydrogen (secondary N) is 1. The van der Waals surface area contributed by atoms with Crippen LogP contribution in [0.25, 0.3) is 11.1 Å². The van der Waals surface area contributed by atoms with Crippen LogP contribution < -0.4 is 10.1 Å². The molecule has 2 atom stereocenters. The van der Waals surface area contributed by atoms with E-state index < -0.39 is 69.0 Å². The third kappa shape index (κ3) is 23.8. The third-order valence-corrected chi connectivity index (χ3v) is 24.6. The summed E-state index contributed by atoms with van der Waals surface area (Å²) in [6.07, 6.45) is 9.66. The molecular formula is C83H99NO16S4. The maximum Gasteiger partial charge on any atom is 0.257 e. The Hall–Kier alpha value is -9.35. The molecule has 2 amide bonds. The zero-order valence-electron chi connectivity index (χ0n) is 61.1. The topological polar surface area (TPSA) is 273 Å². The van der Waals surface area contributed by atoms with Crippen molar-refractivity contribution in [1.82, 2.24) is 5.32 Å². The van der Waals surface area contributed by atoms with Crippen molar-refractivity contribution in [3.63, 3.8) is 0 Å². The van der Waals surface area contributed by atoms with Crippen molar-refractivity contribution in [2.45, 2.75) is 111 Å². The number of ether oxygens (including phenoxy) is 2. The van der Waals surface area contributed by atoms with E-state index in [0.717, 1.165) is 89.5 Å². The summed E-state index contributed by atoms with van der Waals surface area (Å²) >= 11 is 0. The van der Waals surface area contributed by atoms with E-state index >= 15 is 0 Å². The number of ketones is 3. The number of carbonyl (C=O) groups is 5. The molecule has 12 rings (SSSR count). The number of allylic oxidation sites excluding steroid dienone is 13. The molecule has 0 bridgehead atoms. The Morgan fingerprint density at radius 3 is 1.36 bits per heavy atom. The van der Waals surface area contributed by atoms with Crippen LogP contribution in [0.4, 0.5) is 0 Å². The molecule has 5 aliphatic carbocycles. The number of aliphatic hydroxyl groups is 1. The fourth-order valence-corrected chi connectivity index (χ4v) is 16.2. The highest BCUT2D eigenvalue weighted by Gasteiger charge is 2.39. The van der Waals surface area contributed by atoms with Gasteiger partial charge in [0.05, 0.1) is 56.9 Å². The van der Waals surface area contributed by atoms with Crippen molar-refractivity contribution in [3.05, 3.63) is 305 Å². The SMILES string of the molecule is C=C1C(=C)S(=O)(=O)CC1=O.C=C1C(=C)S(=O)(=O)CC1O.C=C1C(=C)S(=O)(=O)CC1OC.C=C1C=CS(=O)(=O)C1=C.C=C1CC(=O)NC(=O)C1=C.C=C1CC(C)(C)CC(C)(C)C1=C.C=C1CCC(=O)C1=C.C=C1CCCC(=O)C1=C.C=C1CCc2cc(OC)ccc2C1=C.C=C1Cc2ccccc2C1=C. The molecule has 5 heterocycles. The molecule has 556 valence electrons. The first kappa shape index (κ1) is 88.9. The van der Waals surface area contributed by atoms with Crippen molar-refractivity contribution in [1.29, 1.82) is 0 Å². The minimum atomic E-state index is -3.37. The highest BCUT2D eigenvalue weighted by molar-refractivity contribution is 7.98. The van der Waals surface area contributed by atoms with Crippen LogP contribution in [0.3, 0.4) is 0 Å². The Balaban J connectivity index is 0.000000301. The van der Waals surface area contributed by atoms with Crippen LogP contribution in [0.1, 0.15) is 108 Å². The van der Waals surface area contributed by atoms with Gasteiger partial charge in [-0.3, -0.25) is 29.3 Å². The average Bonchev–Trinajstić information content (AvgIpc) is 1.18. The number of sulfone groups is 4. The predicted molar refractivity (Wildman–Crippen MR) is 423 cm³/mol. The van der Waals surface area contributed by atoms with E-state index in [1.54, 1.807) is 7.11 Å². The number of benzene rings is 2. The van der Waals surface area contributed by atoms with Gasteiger partial charge >= 0.3 is 0 Å². The van der Waals surface area contributed by atoms with Crippen molar-refractivity contribution in [3.8, 4) is 5.75 Å². The Kier molecular flexibility index (Phi) is 31.1. The summed E-state index contributed by atoms with van der Waals surface area (Å²) < 4.78 is 97.1. The Morgan fingerprint density at radius 2 is 1.00 bits per heavy atom. The first-order valence-corrected chi connectivity index (χ1v) is 39.0. The molecule has 4 saturated heterocycles. The van der Waals surface area contributed by atoms with Gasteiger partial charge in [-0.05, 0) is 164 Å². The lowest BCUT2D eigenvalue weighted by atomic mass is 9.62. The minimum absolute atomic E-state index is 0.0127.